The largest absolute Gasteiger partial charge is 0.456 e. The molecule has 1 heterocycles. The normalized spacial score (nSPS) is 18.9. The third-order valence-corrected chi connectivity index (χ3v) is 5.36. The monoisotopic (exact) mass is 491 g/mol. The summed E-state index contributed by atoms with van der Waals surface area (Å²) in [5, 5.41) is 2.53. The van der Waals surface area contributed by atoms with Gasteiger partial charge in [-0.25, -0.2) is 9.18 Å². The molecule has 0 saturated carbocycles. The number of hydrogen-bond acceptors (Lipinski definition) is 4. The highest BCUT2D eigenvalue weighted by Crippen LogP contribution is 2.50. The molecule has 0 N–H and O–H groups in total. The average Bonchev–Trinajstić information content (AvgIpc) is 3.11. The highest BCUT2D eigenvalue weighted by molar-refractivity contribution is 6.35. The van der Waals surface area contributed by atoms with Crippen LogP contribution < -0.4 is 0 Å². The lowest BCUT2D eigenvalue weighted by Gasteiger charge is -2.29. The number of hydrogen-bond donors (Lipinski definition) is 0. The predicted octanol–water partition coefficient (Wildman–Crippen LogP) is 6.98. The Morgan fingerprint density at radius 1 is 1.12 bits per heavy atom. The van der Waals surface area contributed by atoms with Gasteiger partial charge in [-0.05, 0) is 63.1 Å². The molecule has 0 saturated heterocycles. The zero-order valence-electron chi connectivity index (χ0n) is 17.5. The van der Waals surface area contributed by atoms with Crippen molar-refractivity contribution in [3.63, 3.8) is 0 Å². The predicted molar refractivity (Wildman–Crippen MR) is 113 cm³/mol. The molecule has 0 fully saturated rings. The fraction of sp³-hybridized carbons (Fsp3) is 0.364. The number of aryl methyl sites for hydroxylation is 1. The van der Waals surface area contributed by atoms with Gasteiger partial charge in [-0.1, -0.05) is 34.4 Å². The minimum Gasteiger partial charge on any atom is -0.456 e. The first-order valence-corrected chi connectivity index (χ1v) is 10.2. The molecule has 0 bridgehead atoms. The maximum atomic E-state index is 14.1. The highest BCUT2D eigenvalue weighted by Gasteiger charge is 2.62. The fourth-order valence-electron chi connectivity index (χ4n) is 3.25. The van der Waals surface area contributed by atoms with E-state index >= 15 is 0 Å². The number of nitrogens with zero attached hydrogens (tertiary/aromatic N) is 1. The summed E-state index contributed by atoms with van der Waals surface area (Å²) < 4.78 is 61.5. The first kappa shape index (κ1) is 24.3. The Morgan fingerprint density at radius 2 is 1.72 bits per heavy atom. The Bertz CT molecular complexity index is 1090. The molecule has 0 radical (unpaired) electrons. The number of alkyl halides is 3. The molecule has 0 aromatic heterocycles. The number of rotatable bonds is 3. The van der Waals surface area contributed by atoms with Crippen LogP contribution in [0.15, 0.2) is 35.5 Å². The lowest BCUT2D eigenvalue weighted by atomic mass is 9.86. The van der Waals surface area contributed by atoms with E-state index in [4.69, 9.17) is 32.8 Å². The molecule has 2 aromatic rings. The van der Waals surface area contributed by atoms with E-state index < -0.39 is 51.2 Å². The van der Waals surface area contributed by atoms with Crippen LogP contribution in [0.4, 0.5) is 17.6 Å². The summed E-state index contributed by atoms with van der Waals surface area (Å²) in [4.78, 5) is 17.3. The van der Waals surface area contributed by atoms with E-state index in [1.807, 2.05) is 0 Å². The first-order chi connectivity index (χ1) is 14.6. The van der Waals surface area contributed by atoms with Gasteiger partial charge in [0.15, 0.2) is 5.82 Å². The Hall–Kier alpha value is -2.32. The summed E-state index contributed by atoms with van der Waals surface area (Å²) in [6, 6.07) is 6.10. The molecular weight excluding hydrogens is 473 g/mol. The SMILES string of the molecule is Cc1cc(C2=NO[C@@](c3cc(Cl)c(F)c(Cl)c3)(C(F)(F)F)C2)ccc1C(=O)OC(C)(C)C. The average molecular weight is 492 g/mol. The van der Waals surface area contributed by atoms with Gasteiger partial charge in [0, 0.05) is 12.0 Å². The second-order valence-electron chi connectivity index (χ2n) is 8.42. The molecule has 1 atom stereocenters. The van der Waals surface area contributed by atoms with Gasteiger partial charge in [0.1, 0.15) is 5.60 Å². The summed E-state index contributed by atoms with van der Waals surface area (Å²) in [6.45, 7) is 6.81. The summed E-state index contributed by atoms with van der Waals surface area (Å²) >= 11 is 11.4. The number of benzene rings is 2. The molecule has 1 aliphatic rings. The maximum Gasteiger partial charge on any atom is 0.435 e. The number of carbonyl (C=O) groups excluding carboxylic acids is 1. The molecule has 0 aliphatic carbocycles. The summed E-state index contributed by atoms with van der Waals surface area (Å²) in [5.74, 6) is -1.58. The maximum absolute atomic E-state index is 14.1. The van der Waals surface area contributed by atoms with E-state index in [1.165, 1.54) is 18.2 Å². The molecule has 0 spiro atoms. The van der Waals surface area contributed by atoms with Crippen LogP contribution in [-0.2, 0) is 15.2 Å². The minimum absolute atomic E-state index is 0.00210. The lowest BCUT2D eigenvalue weighted by molar-refractivity contribution is -0.275. The topological polar surface area (TPSA) is 47.9 Å². The van der Waals surface area contributed by atoms with E-state index in [0.29, 0.717) is 11.1 Å². The number of oxime groups is 1. The van der Waals surface area contributed by atoms with E-state index in [9.17, 15) is 22.4 Å². The molecule has 32 heavy (non-hydrogen) atoms. The molecule has 2 aromatic carbocycles. The molecule has 4 nitrogen and oxygen atoms in total. The van der Waals surface area contributed by atoms with Crippen molar-refractivity contribution in [2.75, 3.05) is 0 Å². The van der Waals surface area contributed by atoms with E-state index in [-0.39, 0.29) is 11.3 Å². The molecule has 0 amide bonds. The van der Waals surface area contributed by atoms with Crippen molar-refractivity contribution in [2.45, 2.75) is 51.5 Å². The fourth-order valence-corrected chi connectivity index (χ4v) is 3.74. The zero-order chi connectivity index (χ0) is 24.1. The molecule has 3 rings (SSSR count). The highest BCUT2D eigenvalue weighted by atomic mass is 35.5. The van der Waals surface area contributed by atoms with Crippen molar-refractivity contribution in [3.8, 4) is 0 Å². The molecule has 172 valence electrons. The van der Waals surface area contributed by atoms with Crippen molar-refractivity contribution >= 4 is 34.9 Å². The van der Waals surface area contributed by atoms with Crippen LogP contribution in [0.1, 0.15) is 54.2 Å². The van der Waals surface area contributed by atoms with Gasteiger partial charge in [-0.15, -0.1) is 0 Å². The van der Waals surface area contributed by atoms with Gasteiger partial charge in [0.25, 0.3) is 5.60 Å². The standard InChI is InChI=1S/C22H19Cl2F4NO3/c1-11-7-12(5-6-14(11)19(30)31-20(2,3)4)17-10-21(32-29-17,22(26,27)28)13-8-15(23)18(25)16(24)9-13/h5-9H,10H2,1-4H3/t21-/m0/s1. The van der Waals surface area contributed by atoms with Crippen LogP contribution in [0.3, 0.4) is 0 Å². The van der Waals surface area contributed by atoms with Crippen molar-refractivity contribution in [2.24, 2.45) is 5.16 Å². The molecule has 1 aliphatic heterocycles. The quantitative estimate of drug-likeness (QED) is 0.264. The van der Waals surface area contributed by atoms with Crippen molar-refractivity contribution in [1.29, 1.82) is 0 Å². The number of ether oxygens (including phenoxy) is 1. The molecule has 0 unspecified atom stereocenters. The van der Waals surface area contributed by atoms with Crippen molar-refractivity contribution in [3.05, 3.63) is 68.4 Å². The third-order valence-electron chi connectivity index (χ3n) is 4.81. The van der Waals surface area contributed by atoms with E-state index in [1.54, 1.807) is 27.7 Å². The van der Waals surface area contributed by atoms with E-state index in [2.05, 4.69) is 5.16 Å². The van der Waals surface area contributed by atoms with Crippen LogP contribution in [0.25, 0.3) is 0 Å². The summed E-state index contributed by atoms with van der Waals surface area (Å²) in [6.07, 6.45) is -5.60. The van der Waals surface area contributed by atoms with Crippen LogP contribution >= 0.6 is 23.2 Å². The van der Waals surface area contributed by atoms with Gasteiger partial charge >= 0.3 is 12.1 Å². The van der Waals surface area contributed by atoms with Gasteiger partial charge in [-0.2, -0.15) is 13.2 Å². The molecular formula is C22H19Cl2F4NO3. The number of carbonyl (C=O) groups is 1. The van der Waals surface area contributed by atoms with E-state index in [0.717, 1.165) is 12.1 Å². The van der Waals surface area contributed by atoms with Crippen molar-refractivity contribution < 1.29 is 31.9 Å². The number of halogens is 6. The second kappa shape index (κ2) is 8.23. The van der Waals surface area contributed by atoms with Gasteiger partial charge in [0.05, 0.1) is 21.3 Å². The number of esters is 1. The lowest BCUT2D eigenvalue weighted by Crippen LogP contribution is -2.42. The van der Waals surface area contributed by atoms with Gasteiger partial charge < -0.3 is 9.57 Å². The third kappa shape index (κ3) is 4.57. The first-order valence-electron chi connectivity index (χ1n) is 9.46. The molecule has 10 heteroatoms. The Balaban J connectivity index is 1.96. The second-order valence-corrected chi connectivity index (χ2v) is 9.23. The summed E-state index contributed by atoms with van der Waals surface area (Å²) in [7, 11) is 0. The minimum atomic E-state index is -4.91. The van der Waals surface area contributed by atoms with Crippen LogP contribution in [0.5, 0.6) is 0 Å². The van der Waals surface area contributed by atoms with Gasteiger partial charge in [-0.3, -0.25) is 0 Å². The van der Waals surface area contributed by atoms with Gasteiger partial charge in [0.2, 0.25) is 0 Å². The summed E-state index contributed by atoms with van der Waals surface area (Å²) in [5.41, 5.74) is -2.95. The van der Waals surface area contributed by atoms with Crippen molar-refractivity contribution in [1.82, 2.24) is 0 Å². The van der Waals surface area contributed by atoms with Crippen LogP contribution in [0.2, 0.25) is 10.0 Å². The van der Waals surface area contributed by atoms with Crippen LogP contribution in [0, 0.1) is 12.7 Å². The Labute approximate surface area is 192 Å². The smallest absolute Gasteiger partial charge is 0.435 e. The Kier molecular flexibility index (Phi) is 6.25. The Morgan fingerprint density at radius 3 is 2.22 bits per heavy atom. The van der Waals surface area contributed by atoms with Crippen LogP contribution in [-0.4, -0.2) is 23.5 Å². The zero-order valence-corrected chi connectivity index (χ0v) is 19.0.